The first-order valence-electron chi connectivity index (χ1n) is 17.9. The number of sulfonamides is 1. The number of nitrogens with zero attached hydrogens (tertiary/aromatic N) is 4. The number of Topliss-reactive ketones (excluding diaryl/α,β-unsaturated/α-hetero) is 1. The number of aromatic nitrogens is 4. The predicted octanol–water partition coefficient (Wildman–Crippen LogP) is 6.21. The summed E-state index contributed by atoms with van der Waals surface area (Å²) in [6, 6.07) is 19.3. The van der Waals surface area contributed by atoms with Crippen LogP contribution in [0.3, 0.4) is 0 Å². The van der Waals surface area contributed by atoms with Gasteiger partial charge in [-0.15, -0.1) is 0 Å². The Hall–Kier alpha value is -5.28. The van der Waals surface area contributed by atoms with E-state index in [1.807, 2.05) is 44.2 Å². The van der Waals surface area contributed by atoms with E-state index < -0.39 is 34.1 Å². The topological polar surface area (TPSA) is 156 Å². The van der Waals surface area contributed by atoms with Gasteiger partial charge in [0.2, 0.25) is 10.0 Å². The van der Waals surface area contributed by atoms with Gasteiger partial charge in [-0.05, 0) is 86.6 Å². The van der Waals surface area contributed by atoms with Crippen LogP contribution in [-0.2, 0) is 34.2 Å². The number of carbonyl (C=O) groups is 2. The quantitative estimate of drug-likeness (QED) is 0.101. The number of H-pyrrole nitrogens is 1. The van der Waals surface area contributed by atoms with Crippen LogP contribution >= 0.6 is 0 Å². The molecule has 0 fully saturated rings. The molecule has 3 aromatic carbocycles. The lowest BCUT2D eigenvalue weighted by Gasteiger charge is -2.21. The average molecular weight is 763 g/mol. The summed E-state index contributed by atoms with van der Waals surface area (Å²) in [5.74, 6) is -0.555. The molecule has 12 nitrogen and oxygen atoms in total. The SMILES string of the molecule is CCCN(CCC)S(=O)(=O)c1ccc(C(=O)NCc2cc(Cc3nc4c(ncn4C(CCCc4ccccc4)C(C)=O)c(=O)[nH]3)ccc2OC(F)F)cc1. The van der Waals surface area contributed by atoms with Gasteiger partial charge in [0, 0.05) is 37.2 Å². The van der Waals surface area contributed by atoms with Crippen LogP contribution < -0.4 is 15.6 Å². The van der Waals surface area contributed by atoms with E-state index in [9.17, 15) is 31.6 Å². The van der Waals surface area contributed by atoms with Crippen molar-refractivity contribution >= 4 is 32.9 Å². The van der Waals surface area contributed by atoms with Gasteiger partial charge in [-0.3, -0.25) is 14.4 Å². The van der Waals surface area contributed by atoms with Gasteiger partial charge in [0.25, 0.3) is 11.5 Å². The van der Waals surface area contributed by atoms with E-state index in [1.54, 1.807) is 16.7 Å². The van der Waals surface area contributed by atoms with Crippen LogP contribution in [0, 0.1) is 0 Å². The molecule has 1 atom stereocenters. The van der Waals surface area contributed by atoms with Crippen molar-refractivity contribution in [1.82, 2.24) is 29.1 Å². The zero-order chi connectivity index (χ0) is 38.8. The second kappa shape index (κ2) is 18.2. The minimum absolute atomic E-state index is 0.0639. The van der Waals surface area contributed by atoms with Crippen LogP contribution in [0.4, 0.5) is 8.78 Å². The zero-order valence-electron chi connectivity index (χ0n) is 30.4. The van der Waals surface area contributed by atoms with Gasteiger partial charge in [-0.25, -0.2) is 18.4 Å². The Balaban J connectivity index is 1.33. The van der Waals surface area contributed by atoms with Gasteiger partial charge in [-0.2, -0.15) is 13.1 Å². The smallest absolute Gasteiger partial charge is 0.387 e. The van der Waals surface area contributed by atoms with Crippen LogP contribution in [-0.4, -0.2) is 63.6 Å². The summed E-state index contributed by atoms with van der Waals surface area (Å²) < 4.78 is 60.7. The molecule has 0 aliphatic carbocycles. The molecule has 15 heteroatoms. The van der Waals surface area contributed by atoms with Crippen molar-refractivity contribution in [2.75, 3.05) is 13.1 Å². The normalized spacial score (nSPS) is 12.4. The molecule has 286 valence electrons. The van der Waals surface area contributed by atoms with Crippen molar-refractivity contribution < 1.29 is 31.5 Å². The molecule has 0 bridgehead atoms. The number of nitrogens with one attached hydrogen (secondary N) is 2. The fourth-order valence-electron chi connectivity index (χ4n) is 6.31. The molecule has 0 saturated heterocycles. The summed E-state index contributed by atoms with van der Waals surface area (Å²) in [6.45, 7) is 2.72. The Kier molecular flexibility index (Phi) is 13.4. The highest BCUT2D eigenvalue weighted by molar-refractivity contribution is 7.89. The van der Waals surface area contributed by atoms with Crippen LogP contribution in [0.2, 0.25) is 0 Å². The highest BCUT2D eigenvalue weighted by Gasteiger charge is 2.24. The van der Waals surface area contributed by atoms with Crippen LogP contribution in [0.15, 0.2) is 88.8 Å². The minimum atomic E-state index is -3.74. The summed E-state index contributed by atoms with van der Waals surface area (Å²) in [4.78, 5) is 50.6. The monoisotopic (exact) mass is 762 g/mol. The summed E-state index contributed by atoms with van der Waals surface area (Å²) in [6.07, 6.45) is 4.85. The number of aromatic amines is 1. The Morgan fingerprint density at radius 1 is 0.981 bits per heavy atom. The summed E-state index contributed by atoms with van der Waals surface area (Å²) >= 11 is 0. The molecule has 1 unspecified atom stereocenters. The van der Waals surface area contributed by atoms with Gasteiger partial charge < -0.3 is 19.6 Å². The molecule has 1 amide bonds. The van der Waals surface area contributed by atoms with Gasteiger partial charge >= 0.3 is 6.61 Å². The first kappa shape index (κ1) is 39.9. The molecule has 5 aromatic rings. The number of carbonyl (C=O) groups excluding carboxylic acids is 2. The van der Waals surface area contributed by atoms with Gasteiger partial charge in [-0.1, -0.05) is 50.2 Å². The maximum Gasteiger partial charge on any atom is 0.387 e. The second-order valence-electron chi connectivity index (χ2n) is 12.9. The summed E-state index contributed by atoms with van der Waals surface area (Å²) in [5, 5.41) is 2.69. The molecular formula is C39H44F2N6O6S. The van der Waals surface area contributed by atoms with Gasteiger partial charge in [0.15, 0.2) is 16.9 Å². The molecule has 54 heavy (non-hydrogen) atoms. The number of alkyl halides is 2. The number of fused-ring (bicyclic) bond motifs is 1. The van der Waals surface area contributed by atoms with E-state index in [2.05, 4.69) is 20.3 Å². The zero-order valence-corrected chi connectivity index (χ0v) is 31.2. The summed E-state index contributed by atoms with van der Waals surface area (Å²) in [5.41, 5.74) is 1.97. The molecule has 0 saturated carbocycles. The molecule has 0 radical (unpaired) electrons. The number of hydrogen-bond donors (Lipinski definition) is 2. The number of rotatable bonds is 19. The number of ether oxygens (including phenoxy) is 1. The molecule has 0 aliphatic rings. The third-order valence-electron chi connectivity index (χ3n) is 8.92. The molecule has 0 spiro atoms. The highest BCUT2D eigenvalue weighted by atomic mass is 32.2. The lowest BCUT2D eigenvalue weighted by molar-refractivity contribution is -0.120. The largest absolute Gasteiger partial charge is 0.434 e. The fourth-order valence-corrected chi connectivity index (χ4v) is 7.93. The lowest BCUT2D eigenvalue weighted by atomic mass is 10.0. The molecule has 2 N–H and O–H groups in total. The highest BCUT2D eigenvalue weighted by Crippen LogP contribution is 2.25. The van der Waals surface area contributed by atoms with Crippen LogP contribution in [0.5, 0.6) is 5.75 Å². The van der Waals surface area contributed by atoms with Crippen molar-refractivity contribution in [3.05, 3.63) is 118 Å². The van der Waals surface area contributed by atoms with Crippen molar-refractivity contribution in [3.63, 3.8) is 0 Å². The third kappa shape index (κ3) is 9.82. The number of ketones is 1. The number of hydrogen-bond acceptors (Lipinski definition) is 8. The number of aryl methyl sites for hydroxylation is 1. The Labute approximate surface area is 312 Å². The number of amides is 1. The number of benzene rings is 3. The van der Waals surface area contributed by atoms with E-state index in [-0.39, 0.29) is 57.5 Å². The Morgan fingerprint density at radius 3 is 2.33 bits per heavy atom. The molecule has 2 heterocycles. The minimum Gasteiger partial charge on any atom is -0.434 e. The van der Waals surface area contributed by atoms with Crippen molar-refractivity contribution in [2.24, 2.45) is 0 Å². The molecular weight excluding hydrogens is 719 g/mol. The van der Waals surface area contributed by atoms with Gasteiger partial charge in [0.05, 0.1) is 17.3 Å². The lowest BCUT2D eigenvalue weighted by Crippen LogP contribution is -2.32. The Bertz CT molecular complexity index is 2220. The molecule has 0 aliphatic heterocycles. The predicted molar refractivity (Wildman–Crippen MR) is 200 cm³/mol. The summed E-state index contributed by atoms with van der Waals surface area (Å²) in [7, 11) is -3.74. The van der Waals surface area contributed by atoms with Crippen molar-refractivity contribution in [1.29, 1.82) is 0 Å². The van der Waals surface area contributed by atoms with Crippen LogP contribution in [0.1, 0.15) is 85.4 Å². The van der Waals surface area contributed by atoms with E-state index >= 15 is 0 Å². The van der Waals surface area contributed by atoms with Crippen LogP contribution in [0.25, 0.3) is 11.2 Å². The average Bonchev–Trinajstić information content (AvgIpc) is 3.57. The number of halogens is 2. The first-order valence-corrected chi connectivity index (χ1v) is 19.3. The molecule has 2 aromatic heterocycles. The fraction of sp³-hybridized carbons (Fsp3) is 0.359. The number of imidazole rings is 1. The van der Waals surface area contributed by atoms with Crippen molar-refractivity contribution in [2.45, 2.75) is 83.4 Å². The molecule has 5 rings (SSSR count). The first-order chi connectivity index (χ1) is 25.9. The van der Waals surface area contributed by atoms with E-state index in [4.69, 9.17) is 4.74 Å². The maximum absolute atomic E-state index is 13.3. The van der Waals surface area contributed by atoms with E-state index in [0.29, 0.717) is 37.9 Å². The van der Waals surface area contributed by atoms with E-state index in [1.165, 1.54) is 47.9 Å². The van der Waals surface area contributed by atoms with Gasteiger partial charge in [0.1, 0.15) is 11.6 Å². The Morgan fingerprint density at radius 2 is 1.69 bits per heavy atom. The van der Waals surface area contributed by atoms with E-state index in [0.717, 1.165) is 18.4 Å². The second-order valence-corrected chi connectivity index (χ2v) is 14.9. The van der Waals surface area contributed by atoms with Crippen molar-refractivity contribution in [3.8, 4) is 5.75 Å². The third-order valence-corrected chi connectivity index (χ3v) is 10.8. The standard InChI is InChI=1S/C39H44F2N6O6S/c1-4-20-46(21-5-2)54(51,52)31-17-15-29(16-18-31)37(49)42-24-30-22-28(14-19-33(30)53-39(40)41)23-34-44-36-35(38(50)45-34)43-25-47(36)32(26(3)48)13-9-12-27-10-7-6-8-11-27/h6-8,10-11,14-19,22,25,32,39H,4-5,9,12-13,20-21,23-24H2,1-3H3,(H,42,49)(H,44,45,50). The maximum atomic E-state index is 13.3.